The number of hydrogen-bond acceptors (Lipinski definition) is 5. The lowest BCUT2D eigenvalue weighted by atomic mass is 10.2. The van der Waals surface area contributed by atoms with Crippen molar-refractivity contribution in [3.05, 3.63) is 75.8 Å². The van der Waals surface area contributed by atoms with E-state index in [0.717, 1.165) is 5.56 Å². The van der Waals surface area contributed by atoms with Crippen molar-refractivity contribution in [2.24, 2.45) is 0 Å². The molecule has 0 saturated carbocycles. The fourth-order valence-corrected chi connectivity index (χ4v) is 3.52. The Bertz CT molecular complexity index is 1290. The summed E-state index contributed by atoms with van der Waals surface area (Å²) in [6.07, 6.45) is 0.486. The molecule has 0 bridgehead atoms. The molecule has 4 aromatic rings. The molecule has 2 aromatic carbocycles. The third-order valence-corrected chi connectivity index (χ3v) is 5.34. The van der Waals surface area contributed by atoms with Gasteiger partial charge in [0.15, 0.2) is 17.3 Å². The Morgan fingerprint density at radius 3 is 2.42 bits per heavy atom. The van der Waals surface area contributed by atoms with Crippen LogP contribution in [0.2, 0.25) is 5.02 Å². The van der Waals surface area contributed by atoms with Crippen molar-refractivity contribution >= 4 is 34.4 Å². The average Bonchev–Trinajstić information content (AvgIpc) is 3.27. The molecule has 0 amide bonds. The normalized spacial score (nSPS) is 11.3. The van der Waals surface area contributed by atoms with Gasteiger partial charge >= 0.3 is 5.56 Å². The van der Waals surface area contributed by atoms with Crippen molar-refractivity contribution in [1.82, 2.24) is 19.1 Å². The predicted octanol–water partition coefficient (Wildman–Crippen LogP) is 4.74. The van der Waals surface area contributed by atoms with Crippen molar-refractivity contribution < 1.29 is 13.5 Å². The lowest BCUT2D eigenvalue weighted by molar-refractivity contribution is 0.133. The van der Waals surface area contributed by atoms with Crippen LogP contribution in [0.25, 0.3) is 11.2 Å². The molecule has 2 heterocycles. The lowest BCUT2D eigenvalue weighted by Gasteiger charge is -2.16. The quantitative estimate of drug-likeness (QED) is 0.380. The molecule has 0 aliphatic carbocycles. The maximum atomic E-state index is 12.8. The highest BCUT2D eigenvalue weighted by atomic mass is 35.5. The molecule has 0 unspecified atom stereocenters. The number of aryl methyl sites for hydroxylation is 1. The monoisotopic (exact) mass is 473 g/mol. The van der Waals surface area contributed by atoms with Gasteiger partial charge in [-0.1, -0.05) is 23.7 Å². The molecule has 4 rings (SSSR count). The summed E-state index contributed by atoms with van der Waals surface area (Å²) in [5.74, 6) is 0.646. The topological polar surface area (TPSA) is 74.0 Å². The number of nitrogens with one attached hydrogen (secondary N) is 1. The minimum Gasteiger partial charge on any atom is -0.485 e. The number of aromatic nitrogens is 4. The Morgan fingerprint density at radius 2 is 1.79 bits per heavy atom. The number of benzene rings is 2. The molecule has 7 nitrogen and oxygen atoms in total. The number of nitrogens with zero attached hydrogens (tertiary/aromatic N) is 4. The standard InChI is InChI=1S/C23H22ClF2N5O2/c1-2-30-14-27-21-20(30)22(32)29-23(31(21)13-15-3-5-16(24)6-4-15)28-17-7-9-18(10-8-17)33-19(11-25)12-26/h3-10,14,19H,2,11-13H2,1H3,(H,28,29,32). The molecule has 0 radical (unpaired) electrons. The minimum absolute atomic E-state index is 0.308. The van der Waals surface area contributed by atoms with E-state index in [4.69, 9.17) is 16.3 Å². The first kappa shape index (κ1) is 22.7. The van der Waals surface area contributed by atoms with Gasteiger partial charge in [-0.15, -0.1) is 0 Å². The molecule has 1 N–H and O–H groups in total. The van der Waals surface area contributed by atoms with Gasteiger partial charge in [0, 0.05) is 17.3 Å². The smallest absolute Gasteiger partial charge is 0.300 e. The van der Waals surface area contributed by atoms with Crippen molar-refractivity contribution in [2.75, 3.05) is 18.7 Å². The summed E-state index contributed by atoms with van der Waals surface area (Å²) in [7, 11) is 0. The second-order valence-corrected chi connectivity index (χ2v) is 7.79. The van der Waals surface area contributed by atoms with Gasteiger partial charge in [0.05, 0.1) is 12.9 Å². The van der Waals surface area contributed by atoms with E-state index < -0.39 is 25.0 Å². The zero-order valence-corrected chi connectivity index (χ0v) is 18.6. The highest BCUT2D eigenvalue weighted by Crippen LogP contribution is 2.23. The van der Waals surface area contributed by atoms with Crippen LogP contribution in [0.4, 0.5) is 20.4 Å². The van der Waals surface area contributed by atoms with Crippen molar-refractivity contribution in [2.45, 2.75) is 26.1 Å². The van der Waals surface area contributed by atoms with Crippen LogP contribution < -0.4 is 15.6 Å². The molecule has 33 heavy (non-hydrogen) atoms. The predicted molar refractivity (Wildman–Crippen MR) is 124 cm³/mol. The maximum absolute atomic E-state index is 12.8. The lowest BCUT2D eigenvalue weighted by Crippen LogP contribution is -2.21. The molecule has 0 saturated heterocycles. The highest BCUT2D eigenvalue weighted by Gasteiger charge is 2.17. The summed E-state index contributed by atoms with van der Waals surface area (Å²) >= 11 is 6.01. The largest absolute Gasteiger partial charge is 0.485 e. The van der Waals surface area contributed by atoms with Crippen LogP contribution in [0, 0.1) is 0 Å². The number of ether oxygens (including phenoxy) is 1. The Balaban J connectivity index is 1.70. The van der Waals surface area contributed by atoms with Crippen LogP contribution >= 0.6 is 11.6 Å². The number of fused-ring (bicyclic) bond motifs is 1. The number of anilines is 2. The second-order valence-electron chi connectivity index (χ2n) is 7.35. The third-order valence-electron chi connectivity index (χ3n) is 5.09. The minimum atomic E-state index is -1.13. The van der Waals surface area contributed by atoms with Gasteiger partial charge in [-0.3, -0.25) is 9.36 Å². The van der Waals surface area contributed by atoms with Gasteiger partial charge in [0.1, 0.15) is 19.1 Å². The first-order chi connectivity index (χ1) is 16.0. The number of hydrogen-bond donors (Lipinski definition) is 1. The summed E-state index contributed by atoms with van der Waals surface area (Å²) in [6, 6.07) is 13.9. The molecule has 2 aromatic heterocycles. The van der Waals surface area contributed by atoms with Crippen LogP contribution in [0.15, 0.2) is 59.7 Å². The van der Waals surface area contributed by atoms with Crippen LogP contribution in [0.5, 0.6) is 5.75 Å². The Hall–Kier alpha value is -3.46. The van der Waals surface area contributed by atoms with Crippen molar-refractivity contribution in [3.8, 4) is 5.75 Å². The molecule has 0 aliphatic rings. The van der Waals surface area contributed by atoms with E-state index in [2.05, 4.69) is 15.3 Å². The van der Waals surface area contributed by atoms with E-state index in [9.17, 15) is 13.6 Å². The number of imidazole rings is 1. The molecular weight excluding hydrogens is 452 g/mol. The first-order valence-corrected chi connectivity index (χ1v) is 10.8. The fourth-order valence-electron chi connectivity index (χ4n) is 3.40. The zero-order valence-electron chi connectivity index (χ0n) is 17.8. The number of halogens is 3. The summed E-state index contributed by atoms with van der Waals surface area (Å²) in [5, 5.41) is 3.77. The molecule has 0 fully saturated rings. The Morgan fingerprint density at radius 1 is 1.09 bits per heavy atom. The Labute approximate surface area is 193 Å². The van der Waals surface area contributed by atoms with Crippen molar-refractivity contribution in [1.29, 1.82) is 0 Å². The van der Waals surface area contributed by atoms with Gasteiger partial charge < -0.3 is 14.6 Å². The molecule has 10 heteroatoms. The fraction of sp³-hybridized carbons (Fsp3) is 0.261. The third kappa shape index (κ3) is 4.98. The number of alkyl halides is 2. The van der Waals surface area contributed by atoms with E-state index in [0.29, 0.717) is 46.7 Å². The Kier molecular flexibility index (Phi) is 6.88. The van der Waals surface area contributed by atoms with Crippen molar-refractivity contribution in [3.63, 3.8) is 0 Å². The maximum Gasteiger partial charge on any atom is 0.300 e. The average molecular weight is 474 g/mol. The summed E-state index contributed by atoms with van der Waals surface area (Å²) in [4.78, 5) is 21.5. The van der Waals surface area contributed by atoms with Gasteiger partial charge in [0.25, 0.3) is 0 Å². The van der Waals surface area contributed by atoms with E-state index >= 15 is 0 Å². The van der Waals surface area contributed by atoms with Crippen LogP contribution in [0.1, 0.15) is 12.5 Å². The van der Waals surface area contributed by atoms with E-state index in [1.165, 1.54) is 0 Å². The van der Waals surface area contributed by atoms with Gasteiger partial charge in [-0.25, -0.2) is 13.8 Å². The van der Waals surface area contributed by atoms with Gasteiger partial charge in [-0.2, -0.15) is 4.98 Å². The number of rotatable bonds is 9. The molecule has 0 atom stereocenters. The van der Waals surface area contributed by atoms with Gasteiger partial charge in [-0.05, 0) is 48.9 Å². The zero-order chi connectivity index (χ0) is 23.4. The van der Waals surface area contributed by atoms with Gasteiger partial charge in [0.2, 0.25) is 5.95 Å². The summed E-state index contributed by atoms with van der Waals surface area (Å²) in [6.45, 7) is 1.08. The summed E-state index contributed by atoms with van der Waals surface area (Å²) < 4.78 is 34.3. The highest BCUT2D eigenvalue weighted by molar-refractivity contribution is 6.30. The second kappa shape index (κ2) is 9.99. The molecule has 0 aliphatic heterocycles. The van der Waals surface area contributed by atoms with Crippen LogP contribution in [-0.2, 0) is 13.1 Å². The SMILES string of the molecule is CCn1cnc2c1c(=O)nc(Nc1ccc(OC(CF)CF)cc1)n2Cc1ccc(Cl)cc1. The summed E-state index contributed by atoms with van der Waals surface area (Å²) in [5.41, 5.74) is 2.10. The molecule has 0 spiro atoms. The molecular formula is C23H22ClF2N5O2. The first-order valence-electron chi connectivity index (χ1n) is 10.4. The van der Waals surface area contributed by atoms with Crippen LogP contribution in [-0.4, -0.2) is 38.6 Å². The van der Waals surface area contributed by atoms with Crippen LogP contribution in [0.3, 0.4) is 0 Å². The van der Waals surface area contributed by atoms with E-state index in [-0.39, 0.29) is 0 Å². The van der Waals surface area contributed by atoms with E-state index in [1.54, 1.807) is 47.3 Å². The molecule has 172 valence electrons. The van der Waals surface area contributed by atoms with E-state index in [1.807, 2.05) is 23.6 Å².